The highest BCUT2D eigenvalue weighted by Crippen LogP contribution is 2.26. The molecule has 21 heavy (non-hydrogen) atoms. The van der Waals surface area contributed by atoms with E-state index in [9.17, 15) is 8.78 Å². The van der Waals surface area contributed by atoms with Crippen LogP contribution in [0.1, 0.15) is 23.5 Å². The molecule has 0 fully saturated rings. The summed E-state index contributed by atoms with van der Waals surface area (Å²) in [5.74, 6) is -0.743. The number of nitrogens with one attached hydrogen (secondary N) is 1. The number of rotatable bonds is 6. The molecule has 1 nitrogen and oxygen atoms in total. The van der Waals surface area contributed by atoms with Crippen molar-refractivity contribution in [1.29, 1.82) is 0 Å². The van der Waals surface area contributed by atoms with Gasteiger partial charge in [-0.2, -0.15) is 0 Å². The van der Waals surface area contributed by atoms with Crippen LogP contribution < -0.4 is 5.32 Å². The molecule has 4 heteroatoms. The Bertz CT molecular complexity index is 587. The Hall–Kier alpha value is -1.26. The molecule has 2 aromatic rings. The van der Waals surface area contributed by atoms with Crippen LogP contribution in [0.4, 0.5) is 8.78 Å². The van der Waals surface area contributed by atoms with Gasteiger partial charge in [0.2, 0.25) is 0 Å². The molecule has 0 aromatic heterocycles. The van der Waals surface area contributed by atoms with Gasteiger partial charge in [0.05, 0.1) is 4.47 Å². The summed E-state index contributed by atoms with van der Waals surface area (Å²) < 4.78 is 28.1. The van der Waals surface area contributed by atoms with E-state index in [0.717, 1.165) is 6.54 Å². The molecule has 0 saturated heterocycles. The zero-order valence-electron chi connectivity index (χ0n) is 11.9. The van der Waals surface area contributed by atoms with E-state index in [4.69, 9.17) is 0 Å². The fraction of sp³-hybridized carbons (Fsp3) is 0.294. The van der Waals surface area contributed by atoms with E-state index in [1.165, 1.54) is 17.7 Å². The summed E-state index contributed by atoms with van der Waals surface area (Å²) in [6, 6.07) is 12.7. The summed E-state index contributed by atoms with van der Waals surface area (Å²) in [5.41, 5.74) is 1.34. The van der Waals surface area contributed by atoms with Crippen molar-refractivity contribution >= 4 is 15.9 Å². The molecule has 0 saturated carbocycles. The monoisotopic (exact) mass is 353 g/mol. The summed E-state index contributed by atoms with van der Waals surface area (Å²) in [6.07, 6.45) is 1.06. The van der Waals surface area contributed by atoms with Crippen molar-refractivity contribution in [3.05, 3.63) is 69.7 Å². The quantitative estimate of drug-likeness (QED) is 0.744. The average molecular weight is 354 g/mol. The first-order valence-electron chi connectivity index (χ1n) is 6.95. The molecule has 0 aliphatic rings. The number of hydrogen-bond acceptors (Lipinski definition) is 1. The topological polar surface area (TPSA) is 12.0 Å². The highest BCUT2D eigenvalue weighted by Gasteiger charge is 2.16. The Morgan fingerprint density at radius 1 is 1.10 bits per heavy atom. The SMILES string of the molecule is CNCC(CCc1c(F)ccc(Br)c1F)c1ccccc1. The molecule has 0 radical (unpaired) electrons. The second-order valence-electron chi connectivity index (χ2n) is 5.03. The third kappa shape index (κ3) is 4.11. The number of benzene rings is 2. The summed E-state index contributed by atoms with van der Waals surface area (Å²) in [7, 11) is 1.89. The number of halogens is 3. The Morgan fingerprint density at radius 2 is 1.81 bits per heavy atom. The third-order valence-electron chi connectivity index (χ3n) is 3.60. The number of likely N-dealkylation sites (N-methyl/N-ethyl adjacent to an activating group) is 1. The van der Waals surface area contributed by atoms with Crippen molar-refractivity contribution in [2.75, 3.05) is 13.6 Å². The standard InChI is InChI=1S/C17H18BrF2N/c1-21-11-13(12-5-3-2-4-6-12)7-8-14-16(19)10-9-15(18)17(14)20/h2-6,9-10,13,21H,7-8,11H2,1H3. The molecule has 0 amide bonds. The van der Waals surface area contributed by atoms with Crippen LogP contribution in [-0.4, -0.2) is 13.6 Å². The van der Waals surface area contributed by atoms with Crippen LogP contribution >= 0.6 is 15.9 Å². The number of hydrogen-bond donors (Lipinski definition) is 1. The molecular weight excluding hydrogens is 336 g/mol. The molecule has 0 heterocycles. The van der Waals surface area contributed by atoms with Crippen LogP contribution in [0.25, 0.3) is 0 Å². The Morgan fingerprint density at radius 3 is 2.48 bits per heavy atom. The van der Waals surface area contributed by atoms with Gasteiger partial charge >= 0.3 is 0 Å². The van der Waals surface area contributed by atoms with Gasteiger partial charge in [-0.3, -0.25) is 0 Å². The van der Waals surface area contributed by atoms with E-state index in [-0.39, 0.29) is 11.5 Å². The van der Waals surface area contributed by atoms with Gasteiger partial charge in [0.1, 0.15) is 11.6 Å². The second-order valence-corrected chi connectivity index (χ2v) is 5.88. The molecule has 0 aliphatic heterocycles. The predicted octanol–water partition coefficient (Wildman–Crippen LogP) is 4.66. The zero-order valence-corrected chi connectivity index (χ0v) is 13.5. The van der Waals surface area contributed by atoms with Crippen LogP contribution in [-0.2, 0) is 6.42 Å². The zero-order chi connectivity index (χ0) is 15.2. The molecule has 0 bridgehead atoms. The van der Waals surface area contributed by atoms with Gasteiger partial charge in [-0.05, 0) is 59.4 Å². The van der Waals surface area contributed by atoms with Gasteiger partial charge in [-0.1, -0.05) is 30.3 Å². The molecule has 1 N–H and O–H groups in total. The van der Waals surface area contributed by atoms with Crippen molar-refractivity contribution in [3.63, 3.8) is 0 Å². The summed E-state index contributed by atoms with van der Waals surface area (Å²) in [5, 5.41) is 3.15. The maximum atomic E-state index is 14.0. The molecule has 2 aromatic carbocycles. The third-order valence-corrected chi connectivity index (χ3v) is 4.22. The highest BCUT2D eigenvalue weighted by atomic mass is 79.9. The minimum Gasteiger partial charge on any atom is -0.319 e. The van der Waals surface area contributed by atoms with Crippen LogP contribution in [0.5, 0.6) is 0 Å². The average Bonchev–Trinajstić information content (AvgIpc) is 2.51. The molecule has 112 valence electrons. The van der Waals surface area contributed by atoms with E-state index in [0.29, 0.717) is 17.3 Å². The summed E-state index contributed by atoms with van der Waals surface area (Å²) >= 11 is 3.11. The second kappa shape index (κ2) is 7.66. The molecule has 2 rings (SSSR count). The highest BCUT2D eigenvalue weighted by molar-refractivity contribution is 9.10. The van der Waals surface area contributed by atoms with Crippen LogP contribution in [0.3, 0.4) is 0 Å². The van der Waals surface area contributed by atoms with Crippen molar-refractivity contribution in [2.45, 2.75) is 18.8 Å². The lowest BCUT2D eigenvalue weighted by Crippen LogP contribution is -2.18. The molecular formula is C17H18BrF2N. The summed E-state index contributed by atoms with van der Waals surface area (Å²) in [4.78, 5) is 0. The fourth-order valence-corrected chi connectivity index (χ4v) is 2.85. The minimum atomic E-state index is -0.494. The molecule has 0 aliphatic carbocycles. The van der Waals surface area contributed by atoms with Crippen molar-refractivity contribution < 1.29 is 8.78 Å². The van der Waals surface area contributed by atoms with E-state index in [2.05, 4.69) is 33.4 Å². The fourth-order valence-electron chi connectivity index (χ4n) is 2.47. The van der Waals surface area contributed by atoms with Crippen molar-refractivity contribution in [3.8, 4) is 0 Å². The first kappa shape index (κ1) is 16.1. The van der Waals surface area contributed by atoms with Crippen LogP contribution in [0.15, 0.2) is 46.9 Å². The lowest BCUT2D eigenvalue weighted by molar-refractivity contribution is 0.523. The van der Waals surface area contributed by atoms with Gasteiger partial charge in [-0.15, -0.1) is 0 Å². The maximum absolute atomic E-state index is 14.0. The first-order valence-corrected chi connectivity index (χ1v) is 7.74. The largest absolute Gasteiger partial charge is 0.319 e. The van der Waals surface area contributed by atoms with E-state index < -0.39 is 11.6 Å². The molecule has 1 unspecified atom stereocenters. The lowest BCUT2D eigenvalue weighted by Gasteiger charge is -2.17. The first-order chi connectivity index (χ1) is 10.1. The van der Waals surface area contributed by atoms with Crippen LogP contribution in [0.2, 0.25) is 0 Å². The maximum Gasteiger partial charge on any atom is 0.143 e. The predicted molar refractivity (Wildman–Crippen MR) is 85.5 cm³/mol. The van der Waals surface area contributed by atoms with Gasteiger partial charge in [0.25, 0.3) is 0 Å². The van der Waals surface area contributed by atoms with E-state index in [1.807, 2.05) is 25.2 Å². The van der Waals surface area contributed by atoms with Crippen LogP contribution in [0, 0.1) is 11.6 Å². The Labute approximate surface area is 132 Å². The van der Waals surface area contributed by atoms with Crippen molar-refractivity contribution in [2.24, 2.45) is 0 Å². The van der Waals surface area contributed by atoms with Gasteiger partial charge in [-0.25, -0.2) is 8.78 Å². The smallest absolute Gasteiger partial charge is 0.143 e. The molecule has 1 atom stereocenters. The normalized spacial score (nSPS) is 12.4. The summed E-state index contributed by atoms with van der Waals surface area (Å²) in [6.45, 7) is 0.779. The Kier molecular flexibility index (Phi) is 5.88. The molecule has 0 spiro atoms. The van der Waals surface area contributed by atoms with E-state index >= 15 is 0 Å². The van der Waals surface area contributed by atoms with Gasteiger partial charge < -0.3 is 5.32 Å². The van der Waals surface area contributed by atoms with Crippen molar-refractivity contribution in [1.82, 2.24) is 5.32 Å². The van der Waals surface area contributed by atoms with E-state index in [1.54, 1.807) is 0 Å². The Balaban J connectivity index is 2.15. The lowest BCUT2D eigenvalue weighted by atomic mass is 9.92. The minimum absolute atomic E-state index is 0.154. The van der Waals surface area contributed by atoms with Gasteiger partial charge in [0.15, 0.2) is 0 Å². The van der Waals surface area contributed by atoms with Gasteiger partial charge in [0, 0.05) is 12.1 Å².